The third-order valence-corrected chi connectivity index (χ3v) is 6.86. The van der Waals surface area contributed by atoms with Crippen LogP contribution in [0.3, 0.4) is 0 Å². The average molecular weight is 363 g/mol. The van der Waals surface area contributed by atoms with E-state index in [0.29, 0.717) is 24.6 Å². The second-order valence-electron chi connectivity index (χ2n) is 6.94. The molecule has 1 aromatic carbocycles. The summed E-state index contributed by atoms with van der Waals surface area (Å²) in [4.78, 5) is 12.5. The van der Waals surface area contributed by atoms with E-state index in [1.165, 1.54) is 10.4 Å². The lowest BCUT2D eigenvalue weighted by Crippen LogP contribution is -2.28. The molecule has 3 rings (SSSR count). The number of nitrogens with one attached hydrogen (secondary N) is 1. The van der Waals surface area contributed by atoms with Gasteiger partial charge >= 0.3 is 0 Å². The van der Waals surface area contributed by atoms with Gasteiger partial charge in [0.25, 0.3) is 5.91 Å². The Labute approximate surface area is 149 Å². The van der Waals surface area contributed by atoms with E-state index in [-0.39, 0.29) is 10.8 Å². The second kappa shape index (κ2) is 7.66. The van der Waals surface area contributed by atoms with Gasteiger partial charge in [-0.25, -0.2) is 13.8 Å². The molecule has 2 fully saturated rings. The zero-order valence-electron chi connectivity index (χ0n) is 14.6. The minimum absolute atomic E-state index is 0.168. The van der Waals surface area contributed by atoms with E-state index in [0.717, 1.165) is 44.2 Å². The van der Waals surface area contributed by atoms with Gasteiger partial charge in [-0.05, 0) is 62.6 Å². The molecule has 0 unspecified atom stereocenters. The summed E-state index contributed by atoms with van der Waals surface area (Å²) in [5, 5.41) is 4.22. The first-order valence-electron chi connectivity index (χ1n) is 8.93. The Morgan fingerprint density at radius 2 is 1.88 bits per heavy atom. The zero-order chi connectivity index (χ0) is 17.9. The normalized spacial score (nSPS) is 22.0. The first-order valence-corrected chi connectivity index (χ1v) is 10.4. The van der Waals surface area contributed by atoms with Crippen molar-refractivity contribution in [3.8, 4) is 0 Å². The van der Waals surface area contributed by atoms with Crippen LogP contribution in [0, 0.1) is 5.92 Å². The lowest BCUT2D eigenvalue weighted by Gasteiger charge is -2.18. The maximum Gasteiger partial charge on any atom is 0.271 e. The van der Waals surface area contributed by atoms with Gasteiger partial charge in [0.05, 0.1) is 4.90 Å². The molecule has 0 aromatic heterocycles. The maximum atomic E-state index is 12.6. The first kappa shape index (κ1) is 18.1. The van der Waals surface area contributed by atoms with Gasteiger partial charge in [0.15, 0.2) is 0 Å². The van der Waals surface area contributed by atoms with Crippen LogP contribution in [0.15, 0.2) is 34.3 Å². The molecule has 1 N–H and O–H groups in total. The fraction of sp³-hybridized carbons (Fsp3) is 0.556. The van der Waals surface area contributed by atoms with Gasteiger partial charge in [-0.2, -0.15) is 9.41 Å². The van der Waals surface area contributed by atoms with Crippen LogP contribution < -0.4 is 5.43 Å². The fourth-order valence-electron chi connectivity index (χ4n) is 3.28. The second-order valence-corrected chi connectivity index (χ2v) is 8.88. The van der Waals surface area contributed by atoms with Crippen molar-refractivity contribution in [1.29, 1.82) is 0 Å². The molecule has 1 saturated heterocycles. The number of hydrogen-bond acceptors (Lipinski definition) is 4. The lowest BCUT2D eigenvalue weighted by atomic mass is 9.90. The summed E-state index contributed by atoms with van der Waals surface area (Å²) in [5.74, 6) is 0.340. The molecule has 1 aromatic rings. The van der Waals surface area contributed by atoms with Crippen molar-refractivity contribution in [3.63, 3.8) is 0 Å². The number of hydrazone groups is 1. The van der Waals surface area contributed by atoms with Crippen molar-refractivity contribution in [1.82, 2.24) is 9.73 Å². The molecule has 0 atom stereocenters. The third-order valence-electron chi connectivity index (χ3n) is 4.97. The highest BCUT2D eigenvalue weighted by Crippen LogP contribution is 2.22. The molecule has 0 bridgehead atoms. The Kier molecular flexibility index (Phi) is 5.54. The SMILES string of the molecule is CC1CCC(=NNC(=O)c2cccc(S(=O)(=O)N3CCCC3)c2)CC1. The minimum Gasteiger partial charge on any atom is -0.267 e. The molecule has 7 heteroatoms. The molecule has 1 aliphatic carbocycles. The number of hydrogen-bond donors (Lipinski definition) is 1. The summed E-state index contributed by atoms with van der Waals surface area (Å²) < 4.78 is 26.7. The smallest absolute Gasteiger partial charge is 0.267 e. The zero-order valence-corrected chi connectivity index (χ0v) is 15.4. The van der Waals surface area contributed by atoms with Gasteiger partial charge in [-0.1, -0.05) is 13.0 Å². The van der Waals surface area contributed by atoms with Crippen molar-refractivity contribution >= 4 is 21.6 Å². The van der Waals surface area contributed by atoms with Crippen LogP contribution >= 0.6 is 0 Å². The van der Waals surface area contributed by atoms with Crippen LogP contribution in [0.1, 0.15) is 55.8 Å². The van der Waals surface area contributed by atoms with E-state index in [4.69, 9.17) is 0 Å². The number of benzene rings is 1. The number of rotatable bonds is 4. The summed E-state index contributed by atoms with van der Waals surface area (Å²) in [6.07, 6.45) is 5.78. The predicted molar refractivity (Wildman–Crippen MR) is 97.0 cm³/mol. The first-order chi connectivity index (χ1) is 12.0. The van der Waals surface area contributed by atoms with E-state index >= 15 is 0 Å². The Balaban J connectivity index is 1.70. The fourth-order valence-corrected chi connectivity index (χ4v) is 4.84. The topological polar surface area (TPSA) is 78.8 Å². The maximum absolute atomic E-state index is 12.6. The van der Waals surface area contributed by atoms with Crippen molar-refractivity contribution in [2.75, 3.05) is 13.1 Å². The predicted octanol–water partition coefficient (Wildman–Crippen LogP) is 2.77. The van der Waals surface area contributed by atoms with E-state index in [2.05, 4.69) is 17.5 Å². The van der Waals surface area contributed by atoms with Crippen LogP contribution in [0.25, 0.3) is 0 Å². The molecular weight excluding hydrogens is 338 g/mol. The molecule has 1 amide bonds. The summed E-state index contributed by atoms with van der Waals surface area (Å²) in [6.45, 7) is 3.32. The minimum atomic E-state index is -3.52. The van der Waals surface area contributed by atoms with Crippen LogP contribution in [0.4, 0.5) is 0 Å². The largest absolute Gasteiger partial charge is 0.271 e. The molecule has 1 heterocycles. The Morgan fingerprint density at radius 3 is 2.56 bits per heavy atom. The number of sulfonamides is 1. The van der Waals surface area contributed by atoms with Crippen LogP contribution in [0.2, 0.25) is 0 Å². The van der Waals surface area contributed by atoms with E-state index in [1.54, 1.807) is 18.2 Å². The highest BCUT2D eigenvalue weighted by molar-refractivity contribution is 7.89. The highest BCUT2D eigenvalue weighted by Gasteiger charge is 2.27. The number of nitrogens with zero attached hydrogens (tertiary/aromatic N) is 2. The summed E-state index contributed by atoms with van der Waals surface area (Å²) in [7, 11) is -3.52. The standard InChI is InChI=1S/C18H25N3O3S/c1-14-7-9-16(10-8-14)19-20-18(22)15-5-4-6-17(13-15)25(23,24)21-11-2-3-12-21/h4-6,13-14H,2-3,7-12H2,1H3,(H,20,22). The Hall–Kier alpha value is -1.73. The van der Waals surface area contributed by atoms with Crippen molar-refractivity contribution in [2.24, 2.45) is 11.0 Å². The molecular formula is C18H25N3O3S. The number of carbonyl (C=O) groups excluding carboxylic acids is 1. The quantitative estimate of drug-likeness (QED) is 0.836. The van der Waals surface area contributed by atoms with E-state index < -0.39 is 10.0 Å². The summed E-state index contributed by atoms with van der Waals surface area (Å²) >= 11 is 0. The molecule has 6 nitrogen and oxygen atoms in total. The van der Waals surface area contributed by atoms with Crippen LogP contribution in [-0.4, -0.2) is 37.4 Å². The van der Waals surface area contributed by atoms with Crippen LogP contribution in [0.5, 0.6) is 0 Å². The van der Waals surface area contributed by atoms with Crippen LogP contribution in [-0.2, 0) is 10.0 Å². The van der Waals surface area contributed by atoms with Gasteiger partial charge in [0, 0.05) is 24.4 Å². The number of carbonyl (C=O) groups is 1. The summed E-state index contributed by atoms with van der Waals surface area (Å²) in [5.41, 5.74) is 3.89. The van der Waals surface area contributed by atoms with Gasteiger partial charge in [-0.3, -0.25) is 4.79 Å². The van der Waals surface area contributed by atoms with Crippen molar-refractivity contribution in [2.45, 2.75) is 50.3 Å². The molecule has 136 valence electrons. The Morgan fingerprint density at radius 1 is 1.20 bits per heavy atom. The van der Waals surface area contributed by atoms with Crippen molar-refractivity contribution in [3.05, 3.63) is 29.8 Å². The average Bonchev–Trinajstić information content (AvgIpc) is 3.16. The number of amides is 1. The molecule has 1 saturated carbocycles. The molecule has 1 aliphatic heterocycles. The molecule has 25 heavy (non-hydrogen) atoms. The molecule has 2 aliphatic rings. The lowest BCUT2D eigenvalue weighted by molar-refractivity contribution is 0.0954. The van der Waals surface area contributed by atoms with E-state index in [9.17, 15) is 13.2 Å². The summed E-state index contributed by atoms with van der Waals surface area (Å²) in [6, 6.07) is 6.19. The van der Waals surface area contributed by atoms with Gasteiger partial charge in [-0.15, -0.1) is 0 Å². The Bertz CT molecular complexity index is 758. The molecule has 0 radical (unpaired) electrons. The van der Waals surface area contributed by atoms with Gasteiger partial charge in [0.1, 0.15) is 0 Å². The van der Waals surface area contributed by atoms with Gasteiger partial charge in [0.2, 0.25) is 10.0 Å². The highest BCUT2D eigenvalue weighted by atomic mass is 32.2. The van der Waals surface area contributed by atoms with Crippen molar-refractivity contribution < 1.29 is 13.2 Å². The molecule has 0 spiro atoms. The monoisotopic (exact) mass is 363 g/mol. The van der Waals surface area contributed by atoms with Gasteiger partial charge < -0.3 is 0 Å². The third kappa shape index (κ3) is 4.27. The van der Waals surface area contributed by atoms with E-state index in [1.807, 2.05) is 0 Å².